The average Bonchev–Trinajstić information content (AvgIpc) is 3.64. The molecule has 1 saturated carbocycles. The van der Waals surface area contributed by atoms with Crippen LogP contribution in [0.25, 0.3) is 0 Å². The lowest BCUT2D eigenvalue weighted by Gasteiger charge is -2.32. The van der Waals surface area contributed by atoms with E-state index < -0.39 is 0 Å². The lowest BCUT2D eigenvalue weighted by atomic mass is 9.97. The van der Waals surface area contributed by atoms with Gasteiger partial charge in [0, 0.05) is 44.3 Å². The van der Waals surface area contributed by atoms with E-state index in [0.717, 1.165) is 31.5 Å². The van der Waals surface area contributed by atoms with Crippen molar-refractivity contribution in [1.29, 1.82) is 0 Å². The molecule has 186 valence electrons. The zero-order valence-corrected chi connectivity index (χ0v) is 20.2. The summed E-state index contributed by atoms with van der Waals surface area (Å²) < 4.78 is 24.6. The second kappa shape index (κ2) is 10.4. The van der Waals surface area contributed by atoms with Crippen molar-refractivity contribution in [3.8, 4) is 17.2 Å². The summed E-state index contributed by atoms with van der Waals surface area (Å²) in [5.74, 6) is 2.15. The van der Waals surface area contributed by atoms with Gasteiger partial charge < -0.3 is 29.2 Å². The molecule has 1 aliphatic heterocycles. The second-order valence-electron chi connectivity index (χ2n) is 8.59. The number of anilines is 1. The quantitative estimate of drug-likeness (QED) is 0.593. The van der Waals surface area contributed by atoms with Crippen molar-refractivity contribution in [3.63, 3.8) is 0 Å². The molecule has 2 amide bonds. The zero-order chi connectivity index (χ0) is 24.2. The number of benzene rings is 1. The van der Waals surface area contributed by atoms with Crippen LogP contribution in [0.2, 0.25) is 0 Å². The van der Waals surface area contributed by atoms with Crippen molar-refractivity contribution >= 4 is 11.7 Å². The first-order valence-electron chi connectivity index (χ1n) is 11.5. The summed E-state index contributed by atoms with van der Waals surface area (Å²) in [7, 11) is 6.20. The van der Waals surface area contributed by atoms with Gasteiger partial charge in [-0.2, -0.15) is 5.10 Å². The molecule has 1 aliphatic carbocycles. The highest BCUT2D eigenvalue weighted by molar-refractivity contribution is 5.90. The predicted molar refractivity (Wildman–Crippen MR) is 125 cm³/mol. The number of carbonyl (C=O) groups is 1. The van der Waals surface area contributed by atoms with Crippen molar-refractivity contribution < 1.29 is 23.7 Å². The molecule has 1 saturated heterocycles. The Bertz CT molecular complexity index is 1050. The Morgan fingerprint density at radius 1 is 1.09 bits per heavy atom. The van der Waals surface area contributed by atoms with E-state index in [4.69, 9.17) is 18.9 Å². The van der Waals surface area contributed by atoms with E-state index in [1.807, 2.05) is 4.57 Å². The number of likely N-dealkylation sites (tertiary alicyclic amines) is 1. The van der Waals surface area contributed by atoms with Crippen molar-refractivity contribution in [2.75, 3.05) is 53.5 Å². The summed E-state index contributed by atoms with van der Waals surface area (Å²) in [5, 5.41) is 7.60. The lowest BCUT2D eigenvalue weighted by Crippen LogP contribution is -2.42. The molecule has 4 rings (SSSR count). The molecule has 0 bridgehead atoms. The molecule has 34 heavy (non-hydrogen) atoms. The number of methoxy groups -OCH3 is 4. The van der Waals surface area contributed by atoms with Crippen LogP contribution >= 0.6 is 0 Å². The fourth-order valence-electron chi connectivity index (χ4n) is 4.44. The minimum Gasteiger partial charge on any atom is -0.493 e. The van der Waals surface area contributed by atoms with E-state index in [1.54, 1.807) is 24.1 Å². The van der Waals surface area contributed by atoms with Crippen LogP contribution in [0.5, 0.6) is 17.2 Å². The molecule has 2 aromatic rings. The second-order valence-corrected chi connectivity index (χ2v) is 8.59. The molecule has 0 spiro atoms. The highest BCUT2D eigenvalue weighted by Gasteiger charge is 2.35. The number of ether oxygens (including phenoxy) is 4. The minimum atomic E-state index is -0.224. The number of nitrogens with zero attached hydrogens (tertiary/aromatic N) is 4. The number of piperidine rings is 1. The molecular weight excluding hydrogens is 442 g/mol. The van der Waals surface area contributed by atoms with Gasteiger partial charge in [-0.15, -0.1) is 0 Å². The Labute approximate surface area is 198 Å². The largest absolute Gasteiger partial charge is 0.493 e. The zero-order valence-electron chi connectivity index (χ0n) is 20.2. The number of hydrogen-bond acceptors (Lipinski definition) is 7. The smallest absolute Gasteiger partial charge is 0.346 e. The average molecular weight is 476 g/mol. The predicted octanol–water partition coefficient (Wildman–Crippen LogP) is 2.46. The molecule has 2 heterocycles. The molecule has 1 atom stereocenters. The summed E-state index contributed by atoms with van der Waals surface area (Å²) in [6.07, 6.45) is 3.68. The van der Waals surface area contributed by atoms with Crippen molar-refractivity contribution in [2.45, 2.75) is 44.2 Å². The molecule has 1 aromatic heterocycles. The number of nitrogens with one attached hydrogen (secondary N) is 1. The SMILES string of the molecule is COCCn1nc(C2CCCN(C(=O)Nc3cc(OC)c(OC)c(OC)c3)C2)n(C2CC2)c1=O. The number of aromatic nitrogens is 3. The molecule has 2 aliphatic rings. The van der Waals surface area contributed by atoms with Gasteiger partial charge in [0.15, 0.2) is 11.5 Å². The van der Waals surface area contributed by atoms with E-state index in [0.29, 0.717) is 49.2 Å². The third-order valence-corrected chi connectivity index (χ3v) is 6.31. The third kappa shape index (κ3) is 4.84. The highest BCUT2D eigenvalue weighted by Crippen LogP contribution is 2.40. The molecule has 2 fully saturated rings. The molecule has 1 aromatic carbocycles. The van der Waals surface area contributed by atoms with E-state index >= 15 is 0 Å². The van der Waals surface area contributed by atoms with Crippen LogP contribution in [-0.4, -0.2) is 73.4 Å². The van der Waals surface area contributed by atoms with E-state index in [9.17, 15) is 9.59 Å². The first-order valence-corrected chi connectivity index (χ1v) is 11.5. The number of rotatable bonds is 9. The Morgan fingerprint density at radius 3 is 2.38 bits per heavy atom. The van der Waals surface area contributed by atoms with Gasteiger partial charge in [-0.25, -0.2) is 14.3 Å². The number of amides is 2. The maximum atomic E-state index is 13.1. The molecule has 1 unspecified atom stereocenters. The monoisotopic (exact) mass is 475 g/mol. The van der Waals surface area contributed by atoms with Crippen LogP contribution in [0.1, 0.15) is 43.5 Å². The summed E-state index contributed by atoms with van der Waals surface area (Å²) in [5.41, 5.74) is 0.453. The Hall–Kier alpha value is -3.21. The highest BCUT2D eigenvalue weighted by atomic mass is 16.5. The molecule has 0 radical (unpaired) electrons. The standard InChI is InChI=1S/C23H33N5O6/c1-31-11-10-27-23(30)28(17-7-8-17)21(25-27)15-6-5-9-26(14-15)22(29)24-16-12-18(32-2)20(34-4)19(13-16)33-3/h12-13,15,17H,5-11,14H2,1-4H3,(H,24,29). The van der Waals surface area contributed by atoms with Crippen LogP contribution in [0.4, 0.5) is 10.5 Å². The Balaban J connectivity index is 1.52. The van der Waals surface area contributed by atoms with Crippen LogP contribution in [0, 0.1) is 0 Å². The van der Waals surface area contributed by atoms with Gasteiger partial charge in [-0.1, -0.05) is 0 Å². The number of urea groups is 1. The summed E-state index contributed by atoms with van der Waals surface area (Å²) in [6, 6.07) is 3.38. The molecular formula is C23H33N5O6. The van der Waals surface area contributed by atoms with Gasteiger partial charge >= 0.3 is 11.7 Å². The van der Waals surface area contributed by atoms with Crippen LogP contribution in [0.3, 0.4) is 0 Å². The summed E-state index contributed by atoms with van der Waals surface area (Å²) >= 11 is 0. The van der Waals surface area contributed by atoms with Crippen molar-refractivity contribution in [3.05, 3.63) is 28.4 Å². The minimum absolute atomic E-state index is 0.00321. The molecule has 1 N–H and O–H groups in total. The van der Waals surface area contributed by atoms with Crippen molar-refractivity contribution in [1.82, 2.24) is 19.2 Å². The van der Waals surface area contributed by atoms with E-state index in [-0.39, 0.29) is 23.7 Å². The van der Waals surface area contributed by atoms with Gasteiger partial charge in [-0.05, 0) is 25.7 Å². The maximum Gasteiger partial charge on any atom is 0.346 e. The van der Waals surface area contributed by atoms with Crippen LogP contribution in [-0.2, 0) is 11.3 Å². The fraction of sp³-hybridized carbons (Fsp3) is 0.609. The topological polar surface area (TPSA) is 109 Å². The lowest BCUT2D eigenvalue weighted by molar-refractivity contribution is 0.181. The molecule has 11 nitrogen and oxygen atoms in total. The van der Waals surface area contributed by atoms with E-state index in [2.05, 4.69) is 10.4 Å². The van der Waals surface area contributed by atoms with Crippen LogP contribution < -0.4 is 25.2 Å². The summed E-state index contributed by atoms with van der Waals surface area (Å²) in [6.45, 7) is 1.96. The number of hydrogen-bond donors (Lipinski definition) is 1. The first-order chi connectivity index (χ1) is 16.5. The van der Waals surface area contributed by atoms with E-state index in [1.165, 1.54) is 26.0 Å². The third-order valence-electron chi connectivity index (χ3n) is 6.31. The van der Waals surface area contributed by atoms with Gasteiger partial charge in [0.2, 0.25) is 5.75 Å². The van der Waals surface area contributed by atoms with Gasteiger partial charge in [0.25, 0.3) is 0 Å². The normalized spacial score (nSPS) is 18.0. The van der Waals surface area contributed by atoms with Gasteiger partial charge in [-0.3, -0.25) is 4.57 Å². The van der Waals surface area contributed by atoms with Gasteiger partial charge in [0.1, 0.15) is 5.82 Å². The van der Waals surface area contributed by atoms with Crippen molar-refractivity contribution in [2.24, 2.45) is 0 Å². The Morgan fingerprint density at radius 2 is 1.79 bits per heavy atom. The number of carbonyl (C=O) groups excluding carboxylic acids is 1. The fourth-order valence-corrected chi connectivity index (χ4v) is 4.44. The summed E-state index contributed by atoms with van der Waals surface area (Å²) in [4.78, 5) is 27.8. The Kier molecular flexibility index (Phi) is 7.30. The molecule has 11 heteroatoms. The first kappa shape index (κ1) is 23.9. The van der Waals surface area contributed by atoms with Gasteiger partial charge in [0.05, 0.1) is 40.2 Å². The maximum absolute atomic E-state index is 13.1. The van der Waals surface area contributed by atoms with Crippen LogP contribution in [0.15, 0.2) is 16.9 Å².